The summed E-state index contributed by atoms with van der Waals surface area (Å²) in [5, 5.41) is 3.49. The molecule has 1 heterocycles. The van der Waals surface area contributed by atoms with Gasteiger partial charge in [0.05, 0.1) is 0 Å². The average molecular weight is 280 g/mol. The predicted octanol–water partition coefficient (Wildman–Crippen LogP) is 4.05. The number of nitrogens with zero attached hydrogens (tertiary/aromatic N) is 1. The highest BCUT2D eigenvalue weighted by Crippen LogP contribution is 2.34. The van der Waals surface area contributed by atoms with Crippen molar-refractivity contribution in [3.05, 3.63) is 65.7 Å². The minimum absolute atomic E-state index is 0.0670. The third kappa shape index (κ3) is 2.64. The first-order valence-corrected chi connectivity index (χ1v) is 7.52. The van der Waals surface area contributed by atoms with Gasteiger partial charge in [-0.25, -0.2) is 0 Å². The number of fused-ring (bicyclic) bond motifs is 1. The summed E-state index contributed by atoms with van der Waals surface area (Å²) in [6.07, 6.45) is 2.04. The number of carbonyl (C=O) groups is 1. The van der Waals surface area contributed by atoms with Crippen LogP contribution in [0.15, 0.2) is 54.6 Å². The van der Waals surface area contributed by atoms with Gasteiger partial charge in [-0.1, -0.05) is 49.7 Å². The molecule has 0 aromatic heterocycles. The maximum absolute atomic E-state index is 12.6. The maximum Gasteiger partial charge on any atom is 0.256 e. The van der Waals surface area contributed by atoms with E-state index >= 15 is 0 Å². The highest BCUT2D eigenvalue weighted by atomic mass is 16.2. The molecule has 0 radical (unpaired) electrons. The normalized spacial score (nSPS) is 16.9. The van der Waals surface area contributed by atoms with Crippen molar-refractivity contribution in [1.29, 1.82) is 0 Å². The van der Waals surface area contributed by atoms with E-state index in [-0.39, 0.29) is 12.1 Å². The molecular formula is C18H20N2O. The molecule has 1 aliphatic rings. The lowest BCUT2D eigenvalue weighted by atomic mass is 10.1. The Kier molecular flexibility index (Phi) is 3.91. The van der Waals surface area contributed by atoms with Crippen LogP contribution in [0.25, 0.3) is 0 Å². The van der Waals surface area contributed by atoms with Crippen molar-refractivity contribution in [2.45, 2.75) is 25.9 Å². The topological polar surface area (TPSA) is 32.3 Å². The Morgan fingerprint density at radius 3 is 2.52 bits per heavy atom. The van der Waals surface area contributed by atoms with E-state index in [2.05, 4.69) is 12.2 Å². The van der Waals surface area contributed by atoms with Crippen molar-refractivity contribution in [2.24, 2.45) is 0 Å². The van der Waals surface area contributed by atoms with E-state index in [1.165, 1.54) is 0 Å². The lowest BCUT2D eigenvalue weighted by Gasteiger charge is -2.27. The Bertz CT molecular complexity index is 624. The molecule has 1 aliphatic heterocycles. The molecular weight excluding hydrogens is 260 g/mol. The zero-order chi connectivity index (χ0) is 14.7. The summed E-state index contributed by atoms with van der Waals surface area (Å²) >= 11 is 0. The summed E-state index contributed by atoms with van der Waals surface area (Å²) in [5.74, 6) is 0.132. The second kappa shape index (κ2) is 6.00. The van der Waals surface area contributed by atoms with Crippen LogP contribution in [0.4, 0.5) is 5.69 Å². The van der Waals surface area contributed by atoms with Crippen LogP contribution in [-0.2, 0) is 0 Å². The smallest absolute Gasteiger partial charge is 0.256 e. The Hall–Kier alpha value is -2.29. The summed E-state index contributed by atoms with van der Waals surface area (Å²) in [6, 6.07) is 17.9. The van der Waals surface area contributed by atoms with Gasteiger partial charge in [-0.05, 0) is 24.6 Å². The number of nitrogens with one attached hydrogen (secondary N) is 1. The van der Waals surface area contributed by atoms with E-state index in [1.54, 1.807) is 0 Å². The highest BCUT2D eigenvalue weighted by molar-refractivity contribution is 5.99. The Labute approximate surface area is 125 Å². The van der Waals surface area contributed by atoms with Gasteiger partial charge < -0.3 is 10.2 Å². The monoisotopic (exact) mass is 280 g/mol. The number of para-hydroxylation sites is 1. The van der Waals surface area contributed by atoms with Gasteiger partial charge in [-0.2, -0.15) is 0 Å². The number of benzene rings is 2. The number of carbonyl (C=O) groups excluding carboxylic acids is 1. The molecule has 2 aromatic rings. The summed E-state index contributed by atoms with van der Waals surface area (Å²) in [6.45, 7) is 2.93. The number of hydrogen-bond acceptors (Lipinski definition) is 2. The molecule has 0 fully saturated rings. The second-order valence-corrected chi connectivity index (χ2v) is 5.35. The molecule has 0 saturated carbocycles. The van der Waals surface area contributed by atoms with Gasteiger partial charge in [-0.15, -0.1) is 0 Å². The molecule has 1 amide bonds. The average Bonchev–Trinajstić information content (AvgIpc) is 2.79. The van der Waals surface area contributed by atoms with E-state index in [0.717, 1.165) is 36.2 Å². The molecule has 2 aromatic carbocycles. The van der Waals surface area contributed by atoms with E-state index in [4.69, 9.17) is 0 Å². The van der Waals surface area contributed by atoms with Crippen LogP contribution in [0.3, 0.4) is 0 Å². The minimum atomic E-state index is -0.0670. The van der Waals surface area contributed by atoms with Crippen LogP contribution in [0.2, 0.25) is 0 Å². The molecule has 0 bridgehead atoms. The first kappa shape index (κ1) is 13.7. The quantitative estimate of drug-likeness (QED) is 0.896. The molecule has 0 unspecified atom stereocenters. The van der Waals surface area contributed by atoms with Crippen molar-refractivity contribution in [1.82, 2.24) is 4.90 Å². The maximum atomic E-state index is 12.6. The van der Waals surface area contributed by atoms with Crippen molar-refractivity contribution < 1.29 is 4.79 Å². The van der Waals surface area contributed by atoms with Gasteiger partial charge in [0.15, 0.2) is 0 Å². The molecule has 0 spiro atoms. The molecule has 0 aliphatic carbocycles. The van der Waals surface area contributed by atoms with E-state index in [0.29, 0.717) is 0 Å². The fourth-order valence-electron chi connectivity index (χ4n) is 2.78. The largest absolute Gasteiger partial charge is 0.361 e. The van der Waals surface area contributed by atoms with Crippen LogP contribution in [0, 0.1) is 0 Å². The second-order valence-electron chi connectivity index (χ2n) is 5.35. The molecule has 3 heteroatoms. The molecule has 21 heavy (non-hydrogen) atoms. The van der Waals surface area contributed by atoms with Crippen molar-refractivity contribution in [3.63, 3.8) is 0 Å². The molecule has 1 N–H and O–H groups in total. The van der Waals surface area contributed by atoms with Crippen LogP contribution >= 0.6 is 0 Å². The summed E-state index contributed by atoms with van der Waals surface area (Å²) < 4.78 is 0. The molecule has 108 valence electrons. The van der Waals surface area contributed by atoms with Crippen molar-refractivity contribution in [3.8, 4) is 0 Å². The molecule has 0 saturated heterocycles. The van der Waals surface area contributed by atoms with Gasteiger partial charge >= 0.3 is 0 Å². The van der Waals surface area contributed by atoms with Gasteiger partial charge in [0.1, 0.15) is 6.17 Å². The SMILES string of the molecule is CCCCN1C(=O)c2ccccc2[C@H]1Nc1ccccc1. The Balaban J connectivity index is 1.91. The number of anilines is 1. The summed E-state index contributed by atoms with van der Waals surface area (Å²) in [7, 11) is 0. The van der Waals surface area contributed by atoms with Crippen LogP contribution in [-0.4, -0.2) is 17.4 Å². The first-order chi connectivity index (χ1) is 10.3. The predicted molar refractivity (Wildman–Crippen MR) is 85.2 cm³/mol. The zero-order valence-corrected chi connectivity index (χ0v) is 12.3. The van der Waals surface area contributed by atoms with Gasteiger partial charge in [0, 0.05) is 23.4 Å². The fourth-order valence-corrected chi connectivity index (χ4v) is 2.78. The number of unbranched alkanes of at least 4 members (excludes halogenated alkanes) is 1. The Morgan fingerprint density at radius 1 is 1.05 bits per heavy atom. The zero-order valence-electron chi connectivity index (χ0n) is 12.3. The number of amides is 1. The first-order valence-electron chi connectivity index (χ1n) is 7.52. The van der Waals surface area contributed by atoms with Gasteiger partial charge in [0.25, 0.3) is 5.91 Å². The van der Waals surface area contributed by atoms with Crippen molar-refractivity contribution >= 4 is 11.6 Å². The number of hydrogen-bond donors (Lipinski definition) is 1. The van der Waals surface area contributed by atoms with E-state index in [9.17, 15) is 4.79 Å². The summed E-state index contributed by atoms with van der Waals surface area (Å²) in [4.78, 5) is 14.5. The standard InChI is InChI=1S/C18H20N2O/c1-2-3-13-20-17(19-14-9-5-4-6-10-14)15-11-7-8-12-16(15)18(20)21/h4-12,17,19H,2-3,13H2,1H3/t17-/m0/s1. The molecule has 3 rings (SSSR count). The third-order valence-electron chi connectivity index (χ3n) is 3.89. The van der Waals surface area contributed by atoms with Crippen LogP contribution in [0.1, 0.15) is 41.9 Å². The van der Waals surface area contributed by atoms with Crippen LogP contribution < -0.4 is 5.32 Å². The number of rotatable bonds is 5. The molecule has 1 atom stereocenters. The minimum Gasteiger partial charge on any atom is -0.361 e. The third-order valence-corrected chi connectivity index (χ3v) is 3.89. The van der Waals surface area contributed by atoms with Crippen molar-refractivity contribution in [2.75, 3.05) is 11.9 Å². The lowest BCUT2D eigenvalue weighted by Crippen LogP contribution is -2.33. The van der Waals surface area contributed by atoms with Crippen LogP contribution in [0.5, 0.6) is 0 Å². The molecule has 3 nitrogen and oxygen atoms in total. The Morgan fingerprint density at radius 2 is 1.76 bits per heavy atom. The van der Waals surface area contributed by atoms with Gasteiger partial charge in [-0.3, -0.25) is 4.79 Å². The fraction of sp³-hybridized carbons (Fsp3) is 0.278. The van der Waals surface area contributed by atoms with Gasteiger partial charge in [0.2, 0.25) is 0 Å². The summed E-state index contributed by atoms with van der Waals surface area (Å²) in [5.41, 5.74) is 2.93. The highest BCUT2D eigenvalue weighted by Gasteiger charge is 2.35. The lowest BCUT2D eigenvalue weighted by molar-refractivity contribution is 0.0740. The van der Waals surface area contributed by atoms with E-state index < -0.39 is 0 Å². The van der Waals surface area contributed by atoms with E-state index in [1.807, 2.05) is 59.5 Å².